The number of rotatable bonds is 4. The number of ether oxygens (including phenoxy) is 2. The molecule has 1 amide bonds. The van der Waals surface area contributed by atoms with E-state index < -0.39 is 58.0 Å². The summed E-state index contributed by atoms with van der Waals surface area (Å²) in [7, 11) is 0. The van der Waals surface area contributed by atoms with Gasteiger partial charge < -0.3 is 19.9 Å². The van der Waals surface area contributed by atoms with E-state index in [2.05, 4.69) is 0 Å². The Balaban J connectivity index is 3.20. The second-order valence-electron chi connectivity index (χ2n) is 7.77. The van der Waals surface area contributed by atoms with Crippen molar-refractivity contribution in [3.8, 4) is 0 Å². The third kappa shape index (κ3) is 6.84. The minimum absolute atomic E-state index is 0.426. The highest BCUT2D eigenvalue weighted by Gasteiger charge is 2.32. The van der Waals surface area contributed by atoms with E-state index in [0.717, 1.165) is 0 Å². The van der Waals surface area contributed by atoms with Crippen LogP contribution in [0.4, 0.5) is 13.6 Å². The molecule has 0 radical (unpaired) electrons. The Kier molecular flexibility index (Phi) is 6.53. The lowest BCUT2D eigenvalue weighted by atomic mass is 10.0. The minimum atomic E-state index is -2.05. The molecule has 0 aliphatic heterocycles. The highest BCUT2D eigenvalue weighted by molar-refractivity contribution is 5.90. The lowest BCUT2D eigenvalue weighted by Gasteiger charge is -2.23. The van der Waals surface area contributed by atoms with Crippen LogP contribution in [0, 0.1) is 11.6 Å². The number of nitrogens with one attached hydrogen (secondary N) is 1. The zero-order valence-electron chi connectivity index (χ0n) is 16.0. The first-order valence-corrected chi connectivity index (χ1v) is 8.05. The molecule has 0 saturated heterocycles. The molecule has 1 aromatic rings. The highest BCUT2D eigenvalue weighted by Crippen LogP contribution is 2.25. The van der Waals surface area contributed by atoms with Gasteiger partial charge in [0.1, 0.15) is 22.8 Å². The smallest absolute Gasteiger partial charge is 0.408 e. The quantitative estimate of drug-likeness (QED) is 0.766. The van der Waals surface area contributed by atoms with Gasteiger partial charge in [-0.1, -0.05) is 0 Å². The number of esters is 1. The van der Waals surface area contributed by atoms with Crippen molar-refractivity contribution in [1.82, 2.24) is 5.32 Å². The Morgan fingerprint density at radius 2 is 1.41 bits per heavy atom. The van der Waals surface area contributed by atoms with Gasteiger partial charge in [-0.15, -0.1) is 0 Å². The van der Waals surface area contributed by atoms with Gasteiger partial charge in [0.15, 0.2) is 6.04 Å². The maximum Gasteiger partial charge on any atom is 0.408 e. The van der Waals surface area contributed by atoms with E-state index in [0.29, 0.717) is 12.1 Å². The summed E-state index contributed by atoms with van der Waals surface area (Å²) in [5, 5.41) is 11.2. The van der Waals surface area contributed by atoms with Crippen LogP contribution in [0.2, 0.25) is 0 Å². The summed E-state index contributed by atoms with van der Waals surface area (Å²) < 4.78 is 38.7. The molecular weight excluding hydrogens is 364 g/mol. The Labute approximate surface area is 155 Å². The zero-order chi connectivity index (χ0) is 21.2. The van der Waals surface area contributed by atoms with Crippen molar-refractivity contribution in [2.75, 3.05) is 0 Å². The third-order valence-corrected chi connectivity index (χ3v) is 2.91. The normalized spacial score (nSPS) is 12.9. The molecule has 1 aromatic carbocycles. The number of hydrogen-bond donors (Lipinski definition) is 2. The standard InChI is InChI=1S/C18H23F2NO6/c1-17(2,3)26-15(24)9-7-10(19)12(11(20)8-9)13(14(22)23)21-16(25)27-18(4,5)6/h7-8,13H,1-6H3,(H,21,25)(H,22,23). The van der Waals surface area contributed by atoms with Crippen molar-refractivity contribution >= 4 is 18.0 Å². The maximum atomic E-state index is 14.4. The number of carbonyl (C=O) groups excluding carboxylic acids is 2. The van der Waals surface area contributed by atoms with E-state index in [1.807, 2.05) is 5.32 Å². The lowest BCUT2D eigenvalue weighted by molar-refractivity contribution is -0.139. The number of halogens is 2. The van der Waals surface area contributed by atoms with E-state index in [-0.39, 0.29) is 0 Å². The molecule has 1 rings (SSSR count). The molecule has 0 saturated carbocycles. The van der Waals surface area contributed by atoms with E-state index in [1.54, 1.807) is 41.5 Å². The highest BCUT2D eigenvalue weighted by atomic mass is 19.1. The number of aliphatic carboxylic acids is 1. The number of benzene rings is 1. The average molecular weight is 387 g/mol. The largest absolute Gasteiger partial charge is 0.479 e. The molecule has 27 heavy (non-hydrogen) atoms. The summed E-state index contributed by atoms with van der Waals surface area (Å²) in [5.41, 5.74) is -3.18. The number of carboxylic acids is 1. The van der Waals surface area contributed by atoms with Gasteiger partial charge in [-0.25, -0.2) is 23.2 Å². The first kappa shape index (κ1) is 22.3. The van der Waals surface area contributed by atoms with Crippen molar-refractivity contribution in [3.63, 3.8) is 0 Å². The fourth-order valence-electron chi connectivity index (χ4n) is 2.00. The SMILES string of the molecule is CC(C)(C)OC(=O)NC(C(=O)O)c1c(F)cc(C(=O)OC(C)(C)C)cc1F. The van der Waals surface area contributed by atoms with Crippen LogP contribution in [0.1, 0.15) is 63.5 Å². The van der Waals surface area contributed by atoms with Gasteiger partial charge in [0, 0.05) is 0 Å². The first-order valence-electron chi connectivity index (χ1n) is 8.05. The van der Waals surface area contributed by atoms with Gasteiger partial charge in [-0.2, -0.15) is 0 Å². The van der Waals surface area contributed by atoms with Crippen molar-refractivity contribution in [1.29, 1.82) is 0 Å². The van der Waals surface area contributed by atoms with Gasteiger partial charge in [-0.05, 0) is 53.7 Å². The summed E-state index contributed by atoms with van der Waals surface area (Å²) in [6.45, 7) is 9.36. The molecule has 9 heteroatoms. The molecule has 1 unspecified atom stereocenters. The molecule has 0 aromatic heterocycles. The minimum Gasteiger partial charge on any atom is -0.479 e. The summed E-state index contributed by atoms with van der Waals surface area (Å²) in [4.78, 5) is 35.2. The van der Waals surface area contributed by atoms with Crippen LogP contribution in [-0.4, -0.2) is 34.3 Å². The van der Waals surface area contributed by atoms with Crippen molar-refractivity contribution in [3.05, 3.63) is 34.9 Å². The fourth-order valence-corrected chi connectivity index (χ4v) is 2.00. The average Bonchev–Trinajstić information content (AvgIpc) is 2.41. The molecule has 2 N–H and O–H groups in total. The number of alkyl carbamates (subject to hydrolysis) is 1. The van der Waals surface area contributed by atoms with Crippen LogP contribution in [0.3, 0.4) is 0 Å². The van der Waals surface area contributed by atoms with E-state index in [4.69, 9.17) is 9.47 Å². The Hall–Kier alpha value is -2.71. The van der Waals surface area contributed by atoms with Gasteiger partial charge in [0.2, 0.25) is 0 Å². The molecule has 7 nitrogen and oxygen atoms in total. The summed E-state index contributed by atoms with van der Waals surface area (Å²) >= 11 is 0. The maximum absolute atomic E-state index is 14.4. The number of amides is 1. The lowest BCUT2D eigenvalue weighted by Crippen LogP contribution is -2.39. The van der Waals surface area contributed by atoms with Crippen molar-refractivity contribution < 1.29 is 37.7 Å². The van der Waals surface area contributed by atoms with E-state index in [9.17, 15) is 28.3 Å². The molecule has 0 fully saturated rings. The molecule has 0 heterocycles. The van der Waals surface area contributed by atoms with Crippen LogP contribution in [-0.2, 0) is 14.3 Å². The van der Waals surface area contributed by atoms with E-state index >= 15 is 0 Å². The Bertz CT molecular complexity index is 726. The molecular formula is C18H23F2NO6. The van der Waals surface area contributed by atoms with Crippen molar-refractivity contribution in [2.45, 2.75) is 58.8 Å². The second-order valence-corrected chi connectivity index (χ2v) is 7.77. The predicted molar refractivity (Wildman–Crippen MR) is 91.3 cm³/mol. The summed E-state index contributed by atoms with van der Waals surface area (Å²) in [5.74, 6) is -5.32. The van der Waals surface area contributed by atoms with Gasteiger partial charge in [-0.3, -0.25) is 0 Å². The molecule has 0 aliphatic rings. The number of carboxylic acid groups (broad SMARTS) is 1. The van der Waals surface area contributed by atoms with Gasteiger partial charge in [0.05, 0.1) is 11.1 Å². The molecule has 0 aliphatic carbocycles. The van der Waals surface area contributed by atoms with Crippen LogP contribution >= 0.6 is 0 Å². The van der Waals surface area contributed by atoms with Crippen LogP contribution in [0.25, 0.3) is 0 Å². The van der Waals surface area contributed by atoms with Crippen LogP contribution < -0.4 is 5.32 Å². The first-order chi connectivity index (χ1) is 12.1. The zero-order valence-corrected chi connectivity index (χ0v) is 16.0. The number of carbonyl (C=O) groups is 3. The molecule has 0 spiro atoms. The second kappa shape index (κ2) is 7.89. The molecule has 0 bridgehead atoms. The van der Waals surface area contributed by atoms with Crippen LogP contribution in [0.15, 0.2) is 12.1 Å². The summed E-state index contributed by atoms with van der Waals surface area (Å²) in [6, 6.07) is -0.745. The third-order valence-electron chi connectivity index (χ3n) is 2.91. The van der Waals surface area contributed by atoms with Gasteiger partial charge in [0.25, 0.3) is 0 Å². The van der Waals surface area contributed by atoms with E-state index in [1.165, 1.54) is 0 Å². The van der Waals surface area contributed by atoms with Gasteiger partial charge >= 0.3 is 18.0 Å². The fraction of sp³-hybridized carbons (Fsp3) is 0.500. The Morgan fingerprint density at radius 3 is 1.78 bits per heavy atom. The predicted octanol–water partition coefficient (Wildman–Crippen LogP) is 3.57. The Morgan fingerprint density at radius 1 is 0.963 bits per heavy atom. The van der Waals surface area contributed by atoms with Crippen molar-refractivity contribution in [2.24, 2.45) is 0 Å². The topological polar surface area (TPSA) is 102 Å². The monoisotopic (exact) mass is 387 g/mol. The number of hydrogen-bond acceptors (Lipinski definition) is 5. The molecule has 150 valence electrons. The molecule has 1 atom stereocenters. The van der Waals surface area contributed by atoms with Crippen LogP contribution in [0.5, 0.6) is 0 Å². The summed E-state index contributed by atoms with van der Waals surface area (Å²) in [6.07, 6.45) is -1.16.